The van der Waals surface area contributed by atoms with E-state index in [9.17, 15) is 0 Å². The van der Waals surface area contributed by atoms with E-state index >= 15 is 0 Å². The average molecular weight is 233 g/mol. The number of hydrogen-bond donors (Lipinski definition) is 1. The van der Waals surface area contributed by atoms with Crippen molar-refractivity contribution in [1.82, 2.24) is 5.32 Å². The highest BCUT2D eigenvalue weighted by atomic mass is 16.5. The van der Waals surface area contributed by atoms with Crippen LogP contribution in [0.5, 0.6) is 0 Å². The standard InChI is InChI=1S/C15H23NO/c1-15(2,17-3)10-12-6-4-5-7-14(12)13-8-9-16-11-13/h4-7,13,16H,8-11H2,1-3H3. The van der Waals surface area contributed by atoms with E-state index < -0.39 is 0 Å². The van der Waals surface area contributed by atoms with Crippen molar-refractivity contribution >= 4 is 0 Å². The number of hydrogen-bond acceptors (Lipinski definition) is 2. The predicted octanol–water partition coefficient (Wildman–Crippen LogP) is 2.73. The molecule has 1 saturated heterocycles. The highest BCUT2D eigenvalue weighted by Gasteiger charge is 2.23. The van der Waals surface area contributed by atoms with Gasteiger partial charge in [0.25, 0.3) is 0 Å². The molecule has 2 heteroatoms. The van der Waals surface area contributed by atoms with Crippen LogP contribution in [0.1, 0.15) is 37.3 Å². The molecule has 1 aliphatic heterocycles. The minimum absolute atomic E-state index is 0.0812. The molecule has 2 rings (SSSR count). The molecule has 1 aromatic carbocycles. The maximum atomic E-state index is 5.54. The lowest BCUT2D eigenvalue weighted by Crippen LogP contribution is -2.26. The van der Waals surface area contributed by atoms with Crippen LogP contribution in [0.4, 0.5) is 0 Å². The van der Waals surface area contributed by atoms with E-state index in [1.165, 1.54) is 17.5 Å². The van der Waals surface area contributed by atoms with Crippen molar-refractivity contribution in [3.05, 3.63) is 35.4 Å². The van der Waals surface area contributed by atoms with Gasteiger partial charge in [-0.1, -0.05) is 24.3 Å². The van der Waals surface area contributed by atoms with Gasteiger partial charge in [0.2, 0.25) is 0 Å². The molecule has 1 fully saturated rings. The van der Waals surface area contributed by atoms with Crippen molar-refractivity contribution in [3.63, 3.8) is 0 Å². The Labute approximate surface area is 104 Å². The Morgan fingerprint density at radius 3 is 2.76 bits per heavy atom. The third kappa shape index (κ3) is 3.08. The van der Waals surface area contributed by atoms with Crippen LogP contribution in [-0.4, -0.2) is 25.8 Å². The zero-order valence-electron chi connectivity index (χ0n) is 11.1. The highest BCUT2D eigenvalue weighted by Crippen LogP contribution is 2.28. The first kappa shape index (κ1) is 12.6. The molecule has 17 heavy (non-hydrogen) atoms. The highest BCUT2D eigenvalue weighted by molar-refractivity contribution is 5.32. The van der Waals surface area contributed by atoms with Crippen LogP contribution >= 0.6 is 0 Å². The summed E-state index contributed by atoms with van der Waals surface area (Å²) in [6, 6.07) is 8.80. The molecule has 1 heterocycles. The van der Waals surface area contributed by atoms with E-state index in [4.69, 9.17) is 4.74 Å². The molecule has 1 atom stereocenters. The summed E-state index contributed by atoms with van der Waals surface area (Å²) in [5.74, 6) is 0.679. The third-order valence-corrected chi connectivity index (χ3v) is 3.72. The summed E-state index contributed by atoms with van der Waals surface area (Å²) < 4.78 is 5.54. The van der Waals surface area contributed by atoms with Gasteiger partial charge in [-0.2, -0.15) is 0 Å². The number of methoxy groups -OCH3 is 1. The first-order chi connectivity index (χ1) is 8.12. The maximum absolute atomic E-state index is 5.54. The molecule has 0 amide bonds. The van der Waals surface area contributed by atoms with Gasteiger partial charge in [0.15, 0.2) is 0 Å². The number of nitrogens with one attached hydrogen (secondary N) is 1. The Hall–Kier alpha value is -0.860. The van der Waals surface area contributed by atoms with Crippen molar-refractivity contribution < 1.29 is 4.74 Å². The summed E-state index contributed by atoms with van der Waals surface area (Å²) in [7, 11) is 1.79. The van der Waals surface area contributed by atoms with Crippen LogP contribution in [0, 0.1) is 0 Å². The summed E-state index contributed by atoms with van der Waals surface area (Å²) in [5.41, 5.74) is 2.86. The fourth-order valence-electron chi connectivity index (χ4n) is 2.54. The lowest BCUT2D eigenvalue weighted by atomic mass is 9.88. The van der Waals surface area contributed by atoms with Gasteiger partial charge in [-0.05, 0) is 43.9 Å². The van der Waals surface area contributed by atoms with E-state index in [-0.39, 0.29) is 5.60 Å². The van der Waals surface area contributed by atoms with Crippen molar-refractivity contribution in [2.45, 2.75) is 38.2 Å². The minimum atomic E-state index is -0.0812. The summed E-state index contributed by atoms with van der Waals surface area (Å²) in [4.78, 5) is 0. The first-order valence-corrected chi connectivity index (χ1v) is 6.46. The molecule has 0 aromatic heterocycles. The van der Waals surface area contributed by atoms with Gasteiger partial charge >= 0.3 is 0 Å². The van der Waals surface area contributed by atoms with Crippen molar-refractivity contribution in [2.24, 2.45) is 0 Å². The van der Waals surface area contributed by atoms with E-state index in [1.54, 1.807) is 7.11 Å². The van der Waals surface area contributed by atoms with Gasteiger partial charge in [-0.25, -0.2) is 0 Å². The van der Waals surface area contributed by atoms with Crippen molar-refractivity contribution in [1.29, 1.82) is 0 Å². The third-order valence-electron chi connectivity index (χ3n) is 3.72. The lowest BCUT2D eigenvalue weighted by molar-refractivity contribution is 0.0230. The van der Waals surface area contributed by atoms with Crippen molar-refractivity contribution in [2.75, 3.05) is 20.2 Å². The molecule has 0 spiro atoms. The average Bonchev–Trinajstić information content (AvgIpc) is 2.83. The van der Waals surface area contributed by atoms with Crippen LogP contribution in [0.25, 0.3) is 0 Å². The molecule has 1 aliphatic rings. The van der Waals surface area contributed by atoms with Crippen LogP contribution in [0.2, 0.25) is 0 Å². The zero-order valence-corrected chi connectivity index (χ0v) is 11.1. The predicted molar refractivity (Wildman–Crippen MR) is 71.5 cm³/mol. The fraction of sp³-hybridized carbons (Fsp3) is 0.600. The maximum Gasteiger partial charge on any atom is 0.0663 e. The molecule has 1 aromatic rings. The Balaban J connectivity index is 2.21. The van der Waals surface area contributed by atoms with Gasteiger partial charge in [0.05, 0.1) is 5.60 Å². The SMILES string of the molecule is COC(C)(C)Cc1ccccc1C1CCNC1. The second kappa shape index (κ2) is 5.19. The molecule has 1 unspecified atom stereocenters. The summed E-state index contributed by atoms with van der Waals surface area (Å²) >= 11 is 0. The lowest BCUT2D eigenvalue weighted by Gasteiger charge is -2.25. The van der Waals surface area contributed by atoms with Gasteiger partial charge in [-0.3, -0.25) is 0 Å². The molecule has 0 radical (unpaired) electrons. The first-order valence-electron chi connectivity index (χ1n) is 6.46. The van der Waals surface area contributed by atoms with Crippen molar-refractivity contribution in [3.8, 4) is 0 Å². The van der Waals surface area contributed by atoms with Gasteiger partial charge in [-0.15, -0.1) is 0 Å². The molecule has 0 saturated carbocycles. The number of benzene rings is 1. The van der Waals surface area contributed by atoms with E-state index in [0.29, 0.717) is 5.92 Å². The van der Waals surface area contributed by atoms with E-state index in [1.807, 2.05) is 0 Å². The topological polar surface area (TPSA) is 21.3 Å². The molecule has 1 N–H and O–H groups in total. The number of rotatable bonds is 4. The molecule has 0 bridgehead atoms. The molecule has 2 nitrogen and oxygen atoms in total. The molecule has 94 valence electrons. The second-order valence-corrected chi connectivity index (χ2v) is 5.53. The van der Waals surface area contributed by atoms with E-state index in [0.717, 1.165) is 19.5 Å². The quantitative estimate of drug-likeness (QED) is 0.863. The largest absolute Gasteiger partial charge is 0.378 e. The van der Waals surface area contributed by atoms with Crippen LogP contribution in [0.15, 0.2) is 24.3 Å². The Morgan fingerprint density at radius 2 is 2.12 bits per heavy atom. The van der Waals surface area contributed by atoms with Crippen LogP contribution in [-0.2, 0) is 11.2 Å². The van der Waals surface area contributed by atoms with Gasteiger partial charge in [0, 0.05) is 20.1 Å². The van der Waals surface area contributed by atoms with Crippen LogP contribution in [0.3, 0.4) is 0 Å². The number of ether oxygens (including phenoxy) is 1. The Kier molecular flexibility index (Phi) is 3.85. The van der Waals surface area contributed by atoms with Gasteiger partial charge < -0.3 is 10.1 Å². The zero-order chi connectivity index (χ0) is 12.3. The molecule has 0 aliphatic carbocycles. The summed E-state index contributed by atoms with van der Waals surface area (Å²) in [6.07, 6.45) is 2.24. The Morgan fingerprint density at radius 1 is 1.35 bits per heavy atom. The summed E-state index contributed by atoms with van der Waals surface area (Å²) in [5, 5.41) is 3.44. The normalized spacial score (nSPS) is 20.8. The minimum Gasteiger partial charge on any atom is -0.378 e. The molecular formula is C15H23NO. The fourth-order valence-corrected chi connectivity index (χ4v) is 2.54. The monoisotopic (exact) mass is 233 g/mol. The second-order valence-electron chi connectivity index (χ2n) is 5.53. The smallest absolute Gasteiger partial charge is 0.0663 e. The molecular weight excluding hydrogens is 210 g/mol. The summed E-state index contributed by atoms with van der Waals surface area (Å²) in [6.45, 7) is 6.56. The Bertz CT molecular complexity index is 367. The van der Waals surface area contributed by atoms with E-state index in [2.05, 4.69) is 43.4 Å². The van der Waals surface area contributed by atoms with Crippen LogP contribution < -0.4 is 5.32 Å². The van der Waals surface area contributed by atoms with Gasteiger partial charge in [0.1, 0.15) is 0 Å².